The molecule has 0 aliphatic heterocycles. The number of carbonyl (C=O) groups is 2. The highest BCUT2D eigenvalue weighted by molar-refractivity contribution is 6.05. The molecule has 0 unspecified atom stereocenters. The Balaban J connectivity index is 1.81. The summed E-state index contributed by atoms with van der Waals surface area (Å²) in [7, 11) is 0. The number of hydrogen-bond acceptors (Lipinski definition) is 5. The Morgan fingerprint density at radius 2 is 1.79 bits per heavy atom. The second-order valence-electron chi connectivity index (χ2n) is 6.82. The van der Waals surface area contributed by atoms with E-state index in [4.69, 9.17) is 4.74 Å². The number of carbonyl (C=O) groups excluding carboxylic acids is 2. The molecule has 1 amide bonds. The van der Waals surface area contributed by atoms with Gasteiger partial charge in [-0.25, -0.2) is 9.48 Å². The van der Waals surface area contributed by atoms with Crippen molar-refractivity contribution in [2.75, 3.05) is 11.9 Å². The zero-order chi connectivity index (χ0) is 21.1. The van der Waals surface area contributed by atoms with Gasteiger partial charge in [0.05, 0.1) is 35.6 Å². The molecular formula is C22H24N4O3. The second-order valence-corrected chi connectivity index (χ2v) is 6.82. The molecule has 2 heterocycles. The Morgan fingerprint density at radius 1 is 1.10 bits per heavy atom. The van der Waals surface area contributed by atoms with Crippen LogP contribution in [-0.4, -0.2) is 33.2 Å². The van der Waals surface area contributed by atoms with Crippen LogP contribution in [0.5, 0.6) is 0 Å². The third-order valence-electron chi connectivity index (χ3n) is 4.64. The first-order valence-corrected chi connectivity index (χ1v) is 9.40. The molecule has 7 nitrogen and oxygen atoms in total. The molecule has 3 rings (SSSR count). The zero-order valence-electron chi connectivity index (χ0n) is 17.2. The molecule has 150 valence electrons. The van der Waals surface area contributed by atoms with Crippen LogP contribution in [0.1, 0.15) is 50.3 Å². The van der Waals surface area contributed by atoms with Crippen LogP contribution in [0.4, 0.5) is 5.69 Å². The topological polar surface area (TPSA) is 86.1 Å². The maximum Gasteiger partial charge on any atom is 0.341 e. The van der Waals surface area contributed by atoms with Crippen LogP contribution in [0, 0.1) is 27.7 Å². The van der Waals surface area contributed by atoms with Gasteiger partial charge >= 0.3 is 5.97 Å². The summed E-state index contributed by atoms with van der Waals surface area (Å²) in [4.78, 5) is 29.0. The fourth-order valence-corrected chi connectivity index (χ4v) is 3.23. The van der Waals surface area contributed by atoms with E-state index in [0.29, 0.717) is 23.4 Å². The predicted octanol–water partition coefficient (Wildman–Crippen LogP) is 3.93. The number of amides is 1. The Labute approximate surface area is 169 Å². The van der Waals surface area contributed by atoms with E-state index in [9.17, 15) is 9.59 Å². The van der Waals surface area contributed by atoms with Crippen LogP contribution in [0.2, 0.25) is 0 Å². The van der Waals surface area contributed by atoms with Gasteiger partial charge in [-0.3, -0.25) is 9.78 Å². The molecule has 2 aromatic heterocycles. The smallest absolute Gasteiger partial charge is 0.341 e. The van der Waals surface area contributed by atoms with Gasteiger partial charge in [0.25, 0.3) is 5.91 Å². The molecule has 0 aliphatic rings. The highest BCUT2D eigenvalue weighted by atomic mass is 16.5. The number of benzene rings is 1. The van der Waals surface area contributed by atoms with Gasteiger partial charge in [0.1, 0.15) is 5.56 Å². The molecular weight excluding hydrogens is 368 g/mol. The summed E-state index contributed by atoms with van der Waals surface area (Å²) in [6.45, 7) is 9.62. The van der Waals surface area contributed by atoms with Gasteiger partial charge in [-0.15, -0.1) is 0 Å². The van der Waals surface area contributed by atoms with Crippen molar-refractivity contribution in [1.29, 1.82) is 0 Å². The van der Waals surface area contributed by atoms with Gasteiger partial charge in [0, 0.05) is 11.3 Å². The molecule has 0 saturated heterocycles. The van der Waals surface area contributed by atoms with Crippen molar-refractivity contribution in [1.82, 2.24) is 14.8 Å². The molecule has 1 N–H and O–H groups in total. The molecule has 3 aromatic rings. The second kappa shape index (κ2) is 8.26. The number of aromatic nitrogens is 3. The van der Waals surface area contributed by atoms with Gasteiger partial charge in [0.2, 0.25) is 0 Å². The van der Waals surface area contributed by atoms with Gasteiger partial charge in [-0.05, 0) is 70.5 Å². The van der Waals surface area contributed by atoms with Crippen molar-refractivity contribution in [3.05, 3.63) is 70.3 Å². The highest BCUT2D eigenvalue weighted by Gasteiger charge is 2.17. The average molecular weight is 392 g/mol. The van der Waals surface area contributed by atoms with E-state index in [-0.39, 0.29) is 5.91 Å². The molecule has 0 atom stereocenters. The number of ether oxygens (including phenoxy) is 1. The van der Waals surface area contributed by atoms with Crippen molar-refractivity contribution in [2.45, 2.75) is 34.6 Å². The first-order valence-electron chi connectivity index (χ1n) is 9.40. The van der Waals surface area contributed by atoms with Crippen molar-refractivity contribution in [3.8, 4) is 5.69 Å². The summed E-state index contributed by atoms with van der Waals surface area (Å²) in [6.07, 6.45) is 1.49. The number of pyridine rings is 1. The van der Waals surface area contributed by atoms with Gasteiger partial charge < -0.3 is 10.1 Å². The summed E-state index contributed by atoms with van der Waals surface area (Å²) < 4.78 is 6.69. The van der Waals surface area contributed by atoms with Crippen molar-refractivity contribution in [3.63, 3.8) is 0 Å². The van der Waals surface area contributed by atoms with E-state index < -0.39 is 5.97 Å². The Bertz CT molecular complexity index is 1050. The SMILES string of the molecule is CCOC(=O)c1cnn(-c2ccc(C(=O)Nc3c(C)cc(C)nc3C)cc2)c1C. The summed E-state index contributed by atoms with van der Waals surface area (Å²) in [6, 6.07) is 8.96. The third-order valence-corrected chi connectivity index (χ3v) is 4.64. The molecule has 0 aliphatic carbocycles. The summed E-state index contributed by atoms with van der Waals surface area (Å²) in [5.74, 6) is -0.609. The fraction of sp³-hybridized carbons (Fsp3) is 0.273. The number of nitrogens with zero attached hydrogens (tertiary/aromatic N) is 3. The lowest BCUT2D eigenvalue weighted by Crippen LogP contribution is -2.15. The first-order chi connectivity index (χ1) is 13.8. The lowest BCUT2D eigenvalue weighted by Gasteiger charge is -2.12. The van der Waals surface area contributed by atoms with Crippen LogP contribution >= 0.6 is 0 Å². The first kappa shape index (κ1) is 20.3. The van der Waals surface area contributed by atoms with E-state index in [0.717, 1.165) is 28.3 Å². The molecule has 7 heteroatoms. The van der Waals surface area contributed by atoms with Crippen molar-refractivity contribution >= 4 is 17.6 Å². The predicted molar refractivity (Wildman–Crippen MR) is 111 cm³/mol. The maximum atomic E-state index is 12.7. The zero-order valence-corrected chi connectivity index (χ0v) is 17.2. The maximum absolute atomic E-state index is 12.7. The Hall–Kier alpha value is -3.48. The number of hydrogen-bond donors (Lipinski definition) is 1. The standard InChI is InChI=1S/C22H24N4O3/c1-6-29-22(28)19-12-23-26(16(19)5)18-9-7-17(8-10-18)21(27)25-20-13(2)11-14(3)24-15(20)4/h7-12H,6H2,1-5H3,(H,25,27). The molecule has 0 fully saturated rings. The van der Waals surface area contributed by atoms with Crippen molar-refractivity contribution < 1.29 is 14.3 Å². The van der Waals surface area contributed by atoms with E-state index in [1.807, 2.05) is 26.8 Å². The van der Waals surface area contributed by atoms with E-state index >= 15 is 0 Å². The van der Waals surface area contributed by atoms with Gasteiger partial charge in [-0.1, -0.05) is 0 Å². The number of rotatable bonds is 5. The van der Waals surface area contributed by atoms with Crippen LogP contribution in [0.25, 0.3) is 5.69 Å². The van der Waals surface area contributed by atoms with Crippen LogP contribution < -0.4 is 5.32 Å². The van der Waals surface area contributed by atoms with Crippen LogP contribution in [-0.2, 0) is 4.74 Å². The normalized spacial score (nSPS) is 10.7. The van der Waals surface area contributed by atoms with E-state index in [1.165, 1.54) is 6.20 Å². The van der Waals surface area contributed by atoms with Gasteiger partial charge in [0.15, 0.2) is 0 Å². The average Bonchev–Trinajstić information content (AvgIpc) is 3.06. The number of aryl methyl sites for hydroxylation is 3. The minimum absolute atomic E-state index is 0.210. The molecule has 0 spiro atoms. The molecule has 0 radical (unpaired) electrons. The molecule has 29 heavy (non-hydrogen) atoms. The summed E-state index contributed by atoms with van der Waals surface area (Å²) in [5.41, 5.74) is 5.77. The highest BCUT2D eigenvalue weighted by Crippen LogP contribution is 2.21. The van der Waals surface area contributed by atoms with E-state index in [1.54, 1.807) is 42.8 Å². The van der Waals surface area contributed by atoms with Gasteiger partial charge in [-0.2, -0.15) is 5.10 Å². The molecule has 1 aromatic carbocycles. The lowest BCUT2D eigenvalue weighted by molar-refractivity contribution is 0.0525. The molecule has 0 bridgehead atoms. The van der Waals surface area contributed by atoms with Crippen LogP contribution in [0.15, 0.2) is 36.5 Å². The Morgan fingerprint density at radius 3 is 2.41 bits per heavy atom. The number of nitrogens with one attached hydrogen (secondary N) is 1. The van der Waals surface area contributed by atoms with Crippen molar-refractivity contribution in [2.24, 2.45) is 0 Å². The monoisotopic (exact) mass is 392 g/mol. The minimum atomic E-state index is -0.398. The third kappa shape index (κ3) is 4.18. The fourth-order valence-electron chi connectivity index (χ4n) is 3.23. The number of anilines is 1. The Kier molecular flexibility index (Phi) is 5.77. The lowest BCUT2D eigenvalue weighted by atomic mass is 10.1. The quantitative estimate of drug-likeness (QED) is 0.665. The summed E-state index contributed by atoms with van der Waals surface area (Å²) >= 11 is 0. The molecule has 0 saturated carbocycles. The number of esters is 1. The van der Waals surface area contributed by atoms with Crippen LogP contribution in [0.3, 0.4) is 0 Å². The summed E-state index contributed by atoms with van der Waals surface area (Å²) in [5, 5.41) is 7.21. The largest absolute Gasteiger partial charge is 0.462 e. The van der Waals surface area contributed by atoms with E-state index in [2.05, 4.69) is 15.4 Å². The minimum Gasteiger partial charge on any atom is -0.462 e.